The van der Waals surface area contributed by atoms with E-state index in [2.05, 4.69) is 34.1 Å². The highest BCUT2D eigenvalue weighted by molar-refractivity contribution is 6.02. The molecule has 0 aliphatic carbocycles. The highest BCUT2D eigenvalue weighted by Crippen LogP contribution is 2.23. The number of carbonyl (C=O) groups is 2. The summed E-state index contributed by atoms with van der Waals surface area (Å²) in [5.41, 5.74) is 3.87. The first kappa shape index (κ1) is 19.6. The molecule has 0 aliphatic rings. The second kappa shape index (κ2) is 8.67. The van der Waals surface area contributed by atoms with Gasteiger partial charge in [-0.1, -0.05) is 60.2 Å². The van der Waals surface area contributed by atoms with Gasteiger partial charge in [-0.25, -0.2) is 4.79 Å². The van der Waals surface area contributed by atoms with Crippen molar-refractivity contribution in [3.63, 3.8) is 0 Å². The van der Waals surface area contributed by atoms with Gasteiger partial charge in [0.15, 0.2) is 0 Å². The number of aryl methyl sites for hydroxylation is 2. The Bertz CT molecular complexity index is 1010. The van der Waals surface area contributed by atoms with Crippen molar-refractivity contribution in [1.29, 1.82) is 0 Å². The number of benzene rings is 3. The normalized spacial score (nSPS) is 11.8. The van der Waals surface area contributed by atoms with Crippen molar-refractivity contribution in [2.24, 2.45) is 0 Å². The Morgan fingerprint density at radius 3 is 2.50 bits per heavy atom. The van der Waals surface area contributed by atoms with Gasteiger partial charge in [-0.05, 0) is 48.7 Å². The summed E-state index contributed by atoms with van der Waals surface area (Å²) in [5, 5.41) is 10.6. The number of nitrogens with one attached hydrogen (secondary N) is 3. The monoisotopic (exact) mass is 375 g/mol. The van der Waals surface area contributed by atoms with E-state index in [0.29, 0.717) is 5.69 Å². The predicted octanol–water partition coefficient (Wildman–Crippen LogP) is 4.46. The fourth-order valence-corrected chi connectivity index (χ4v) is 3.26. The lowest BCUT2D eigenvalue weighted by Crippen LogP contribution is -2.40. The van der Waals surface area contributed by atoms with Gasteiger partial charge in [-0.3, -0.25) is 10.1 Å². The minimum atomic E-state index is -0.531. The van der Waals surface area contributed by atoms with Crippen LogP contribution in [0.4, 0.5) is 10.5 Å². The Balaban J connectivity index is 1.55. The van der Waals surface area contributed by atoms with Crippen molar-refractivity contribution in [2.75, 3.05) is 11.9 Å². The molecule has 3 amide bonds. The molecule has 0 aromatic heterocycles. The number of amides is 3. The van der Waals surface area contributed by atoms with Crippen LogP contribution in [0, 0.1) is 13.8 Å². The van der Waals surface area contributed by atoms with Crippen LogP contribution in [0.3, 0.4) is 0 Å². The summed E-state index contributed by atoms with van der Waals surface area (Å²) < 4.78 is 0. The summed E-state index contributed by atoms with van der Waals surface area (Å²) >= 11 is 0. The number of imide groups is 1. The molecular weight excluding hydrogens is 350 g/mol. The Labute approximate surface area is 165 Å². The second-order valence-corrected chi connectivity index (χ2v) is 6.99. The van der Waals surface area contributed by atoms with E-state index in [-0.39, 0.29) is 18.5 Å². The zero-order valence-corrected chi connectivity index (χ0v) is 16.4. The number of hydrogen-bond acceptors (Lipinski definition) is 3. The van der Waals surface area contributed by atoms with Gasteiger partial charge in [0.1, 0.15) is 0 Å². The van der Waals surface area contributed by atoms with Crippen LogP contribution in [0.25, 0.3) is 10.8 Å². The predicted molar refractivity (Wildman–Crippen MR) is 113 cm³/mol. The van der Waals surface area contributed by atoms with Crippen LogP contribution in [0.2, 0.25) is 0 Å². The molecule has 144 valence electrons. The first-order valence-electron chi connectivity index (χ1n) is 9.33. The minimum Gasteiger partial charge on any atom is -0.307 e. The van der Waals surface area contributed by atoms with Crippen molar-refractivity contribution in [1.82, 2.24) is 10.6 Å². The van der Waals surface area contributed by atoms with E-state index in [1.807, 2.05) is 63.2 Å². The molecule has 3 aromatic rings. The summed E-state index contributed by atoms with van der Waals surface area (Å²) in [4.78, 5) is 24.2. The van der Waals surface area contributed by atoms with Crippen LogP contribution >= 0.6 is 0 Å². The van der Waals surface area contributed by atoms with Crippen LogP contribution in [0.15, 0.2) is 60.7 Å². The zero-order chi connectivity index (χ0) is 20.1. The second-order valence-electron chi connectivity index (χ2n) is 6.99. The van der Waals surface area contributed by atoms with Gasteiger partial charge < -0.3 is 10.6 Å². The fraction of sp³-hybridized carbons (Fsp3) is 0.217. The molecule has 0 unspecified atom stereocenters. The quantitative estimate of drug-likeness (QED) is 0.617. The van der Waals surface area contributed by atoms with Crippen molar-refractivity contribution in [2.45, 2.75) is 26.8 Å². The number of fused-ring (bicyclic) bond motifs is 1. The van der Waals surface area contributed by atoms with Crippen LogP contribution in [0.1, 0.15) is 29.7 Å². The highest BCUT2D eigenvalue weighted by Gasteiger charge is 2.13. The number of urea groups is 1. The minimum absolute atomic E-state index is 0.0285. The number of carbonyl (C=O) groups excluding carboxylic acids is 2. The molecule has 1 atom stereocenters. The summed E-state index contributed by atoms with van der Waals surface area (Å²) in [7, 11) is 0. The van der Waals surface area contributed by atoms with Gasteiger partial charge in [-0.15, -0.1) is 0 Å². The molecule has 3 N–H and O–H groups in total. The topological polar surface area (TPSA) is 70.2 Å². The van der Waals surface area contributed by atoms with Crippen molar-refractivity contribution in [3.8, 4) is 0 Å². The number of anilines is 1. The van der Waals surface area contributed by atoms with Crippen molar-refractivity contribution < 1.29 is 9.59 Å². The van der Waals surface area contributed by atoms with Gasteiger partial charge in [0, 0.05) is 11.7 Å². The van der Waals surface area contributed by atoms with E-state index in [9.17, 15) is 9.59 Å². The maximum atomic E-state index is 12.1. The molecule has 3 aromatic carbocycles. The van der Waals surface area contributed by atoms with E-state index < -0.39 is 6.03 Å². The molecule has 0 aliphatic heterocycles. The Morgan fingerprint density at radius 2 is 1.71 bits per heavy atom. The Hall–Kier alpha value is -3.18. The van der Waals surface area contributed by atoms with E-state index in [4.69, 9.17) is 0 Å². The first-order chi connectivity index (χ1) is 13.4. The molecular formula is C23H25N3O2. The van der Waals surface area contributed by atoms with Crippen LogP contribution in [-0.2, 0) is 4.79 Å². The van der Waals surface area contributed by atoms with Crippen molar-refractivity contribution >= 4 is 28.4 Å². The third-order valence-corrected chi connectivity index (χ3v) is 4.74. The summed E-state index contributed by atoms with van der Waals surface area (Å²) in [5.74, 6) is -0.380. The third-order valence-electron chi connectivity index (χ3n) is 4.74. The highest BCUT2D eigenvalue weighted by atomic mass is 16.2. The molecule has 0 fully saturated rings. The van der Waals surface area contributed by atoms with Gasteiger partial charge in [-0.2, -0.15) is 0 Å². The lowest BCUT2D eigenvalue weighted by atomic mass is 10.00. The van der Waals surface area contributed by atoms with E-state index in [1.165, 1.54) is 0 Å². The molecule has 3 rings (SSSR count). The smallest absolute Gasteiger partial charge is 0.307 e. The summed E-state index contributed by atoms with van der Waals surface area (Å²) in [6, 6.07) is 19.4. The van der Waals surface area contributed by atoms with E-state index in [1.54, 1.807) is 0 Å². The summed E-state index contributed by atoms with van der Waals surface area (Å²) in [6.07, 6.45) is 0. The first-order valence-corrected chi connectivity index (χ1v) is 9.33. The SMILES string of the molecule is Cc1ccc(NC(=O)NC(=O)CN[C@@H](C)c2cccc3ccccc23)c(C)c1. The standard InChI is InChI=1S/C23H25N3O2/c1-15-11-12-21(16(2)13-15)25-23(28)26-22(27)14-24-17(3)19-10-6-8-18-7-4-5-9-20(18)19/h4-13,17,24H,14H2,1-3H3,(H2,25,26,27,28)/t17-/m0/s1. The number of hydrogen-bond donors (Lipinski definition) is 3. The molecule has 0 bridgehead atoms. The Morgan fingerprint density at radius 1 is 0.964 bits per heavy atom. The summed E-state index contributed by atoms with van der Waals surface area (Å²) in [6.45, 7) is 5.95. The molecule has 28 heavy (non-hydrogen) atoms. The van der Waals surface area contributed by atoms with Crippen LogP contribution in [-0.4, -0.2) is 18.5 Å². The molecule has 5 heteroatoms. The fourth-order valence-electron chi connectivity index (χ4n) is 3.26. The van der Waals surface area contributed by atoms with Gasteiger partial charge in [0.05, 0.1) is 6.54 Å². The molecule has 0 saturated carbocycles. The maximum absolute atomic E-state index is 12.1. The van der Waals surface area contributed by atoms with Crippen LogP contribution in [0.5, 0.6) is 0 Å². The largest absolute Gasteiger partial charge is 0.325 e. The van der Waals surface area contributed by atoms with Gasteiger partial charge in [0.25, 0.3) is 0 Å². The van der Waals surface area contributed by atoms with Crippen LogP contribution < -0.4 is 16.0 Å². The van der Waals surface area contributed by atoms with Gasteiger partial charge >= 0.3 is 6.03 Å². The van der Waals surface area contributed by atoms with E-state index >= 15 is 0 Å². The number of rotatable bonds is 5. The van der Waals surface area contributed by atoms with Crippen molar-refractivity contribution in [3.05, 3.63) is 77.4 Å². The molecule has 0 radical (unpaired) electrons. The third kappa shape index (κ3) is 4.75. The lowest BCUT2D eigenvalue weighted by molar-refractivity contribution is -0.119. The maximum Gasteiger partial charge on any atom is 0.325 e. The van der Waals surface area contributed by atoms with E-state index in [0.717, 1.165) is 27.5 Å². The average molecular weight is 375 g/mol. The van der Waals surface area contributed by atoms with Gasteiger partial charge in [0.2, 0.25) is 5.91 Å². The lowest BCUT2D eigenvalue weighted by Gasteiger charge is -2.16. The molecule has 0 heterocycles. The molecule has 5 nitrogen and oxygen atoms in total. The zero-order valence-electron chi connectivity index (χ0n) is 16.4. The molecule has 0 spiro atoms. The Kier molecular flexibility index (Phi) is 6.06. The average Bonchev–Trinajstić information content (AvgIpc) is 2.68. The molecule has 0 saturated heterocycles.